The standard InChI is InChI=1S/C10H12ClN3O4/c1-2-18-10(15)9(11)13-12-7-5-3-4-6-8(7)14(16)17/h3-6,9,12-13H,2H2,1H3. The van der Waals surface area contributed by atoms with Gasteiger partial charge in [-0.2, -0.15) is 0 Å². The normalized spacial score (nSPS) is 11.7. The molecule has 0 spiro atoms. The van der Waals surface area contributed by atoms with Crippen molar-refractivity contribution in [3.63, 3.8) is 0 Å². The SMILES string of the molecule is CCOC(=O)C(Cl)NNc1ccccc1[N+](=O)[O-]. The minimum Gasteiger partial charge on any atom is -0.464 e. The van der Waals surface area contributed by atoms with Crippen LogP contribution in [0.2, 0.25) is 0 Å². The highest BCUT2D eigenvalue weighted by Crippen LogP contribution is 2.22. The fourth-order valence-corrected chi connectivity index (χ4v) is 1.27. The Hall–Kier alpha value is -1.86. The smallest absolute Gasteiger partial charge is 0.340 e. The van der Waals surface area contributed by atoms with E-state index < -0.39 is 16.4 Å². The third kappa shape index (κ3) is 3.86. The first kappa shape index (κ1) is 14.2. The zero-order valence-electron chi connectivity index (χ0n) is 9.55. The summed E-state index contributed by atoms with van der Waals surface area (Å²) in [6.45, 7) is 1.85. The van der Waals surface area contributed by atoms with Gasteiger partial charge in [0.25, 0.3) is 5.69 Å². The molecule has 1 atom stereocenters. The molecule has 0 bridgehead atoms. The second kappa shape index (κ2) is 6.77. The molecule has 0 saturated heterocycles. The summed E-state index contributed by atoms with van der Waals surface area (Å²) in [6, 6.07) is 5.97. The van der Waals surface area contributed by atoms with Crippen molar-refractivity contribution in [1.82, 2.24) is 5.43 Å². The Morgan fingerprint density at radius 1 is 1.56 bits per heavy atom. The van der Waals surface area contributed by atoms with Crippen molar-refractivity contribution < 1.29 is 14.5 Å². The van der Waals surface area contributed by atoms with Gasteiger partial charge in [0.1, 0.15) is 5.69 Å². The van der Waals surface area contributed by atoms with E-state index in [0.717, 1.165) is 0 Å². The number of hydrogen-bond donors (Lipinski definition) is 2. The lowest BCUT2D eigenvalue weighted by Crippen LogP contribution is -2.37. The van der Waals surface area contributed by atoms with Crippen LogP contribution in [-0.2, 0) is 9.53 Å². The first-order valence-electron chi connectivity index (χ1n) is 5.12. The zero-order valence-corrected chi connectivity index (χ0v) is 10.3. The van der Waals surface area contributed by atoms with Gasteiger partial charge in [-0.15, -0.1) is 0 Å². The fraction of sp³-hybridized carbons (Fsp3) is 0.300. The Morgan fingerprint density at radius 2 is 2.22 bits per heavy atom. The van der Waals surface area contributed by atoms with Gasteiger partial charge in [-0.1, -0.05) is 23.7 Å². The molecule has 0 radical (unpaired) electrons. The molecule has 1 rings (SSSR count). The Morgan fingerprint density at radius 3 is 2.83 bits per heavy atom. The van der Waals surface area contributed by atoms with Crippen LogP contribution in [0, 0.1) is 10.1 Å². The number of carbonyl (C=O) groups excluding carboxylic acids is 1. The van der Waals surface area contributed by atoms with E-state index in [-0.39, 0.29) is 18.0 Å². The summed E-state index contributed by atoms with van der Waals surface area (Å²) >= 11 is 5.67. The van der Waals surface area contributed by atoms with Crippen LogP contribution in [0.15, 0.2) is 24.3 Å². The number of halogens is 1. The Kier molecular flexibility index (Phi) is 5.34. The third-order valence-corrected chi connectivity index (χ3v) is 2.22. The van der Waals surface area contributed by atoms with Crippen LogP contribution in [0.1, 0.15) is 6.92 Å². The third-order valence-electron chi connectivity index (χ3n) is 1.93. The molecule has 2 N–H and O–H groups in total. The van der Waals surface area contributed by atoms with Crippen LogP contribution in [0.5, 0.6) is 0 Å². The average Bonchev–Trinajstić information content (AvgIpc) is 2.36. The molecule has 8 heteroatoms. The van der Waals surface area contributed by atoms with E-state index in [4.69, 9.17) is 11.6 Å². The number of carbonyl (C=O) groups is 1. The number of nitrogens with zero attached hydrogens (tertiary/aromatic N) is 1. The molecule has 0 heterocycles. The van der Waals surface area contributed by atoms with Gasteiger partial charge < -0.3 is 10.2 Å². The number of para-hydroxylation sites is 2. The van der Waals surface area contributed by atoms with E-state index in [2.05, 4.69) is 15.6 Å². The summed E-state index contributed by atoms with van der Waals surface area (Å²) in [5, 5.41) is 10.7. The minimum atomic E-state index is -1.13. The molecule has 98 valence electrons. The number of hydrazine groups is 1. The number of rotatable bonds is 6. The van der Waals surface area contributed by atoms with Crippen molar-refractivity contribution in [2.24, 2.45) is 0 Å². The van der Waals surface area contributed by atoms with Crippen molar-refractivity contribution in [3.8, 4) is 0 Å². The molecule has 0 aliphatic rings. The predicted molar refractivity (Wildman–Crippen MR) is 66.1 cm³/mol. The van der Waals surface area contributed by atoms with E-state index in [1.54, 1.807) is 13.0 Å². The maximum absolute atomic E-state index is 11.2. The quantitative estimate of drug-likeness (QED) is 0.269. The van der Waals surface area contributed by atoms with E-state index in [1.165, 1.54) is 18.2 Å². The monoisotopic (exact) mass is 273 g/mol. The highest BCUT2D eigenvalue weighted by atomic mass is 35.5. The molecule has 7 nitrogen and oxygen atoms in total. The molecule has 0 saturated carbocycles. The van der Waals surface area contributed by atoms with Crippen LogP contribution in [0.3, 0.4) is 0 Å². The zero-order chi connectivity index (χ0) is 13.5. The number of alkyl halides is 1. The van der Waals surface area contributed by atoms with Crippen LogP contribution in [0.4, 0.5) is 11.4 Å². The van der Waals surface area contributed by atoms with Crippen molar-refractivity contribution in [1.29, 1.82) is 0 Å². The number of hydrogen-bond acceptors (Lipinski definition) is 6. The van der Waals surface area contributed by atoms with Gasteiger partial charge in [-0.3, -0.25) is 10.1 Å². The summed E-state index contributed by atoms with van der Waals surface area (Å²) in [5.41, 5.74) is 3.87. The first-order valence-corrected chi connectivity index (χ1v) is 5.55. The maximum atomic E-state index is 11.2. The number of nitro groups is 1. The van der Waals surface area contributed by atoms with E-state index in [1.807, 2.05) is 0 Å². The molecule has 18 heavy (non-hydrogen) atoms. The maximum Gasteiger partial charge on any atom is 0.340 e. The van der Waals surface area contributed by atoms with E-state index in [0.29, 0.717) is 0 Å². The summed E-state index contributed by atoms with van der Waals surface area (Å²) in [5.74, 6) is -0.662. The van der Waals surface area contributed by atoms with Crippen molar-refractivity contribution in [3.05, 3.63) is 34.4 Å². The van der Waals surface area contributed by atoms with Crippen molar-refractivity contribution in [2.45, 2.75) is 12.4 Å². The number of nitro benzene ring substituents is 1. The summed E-state index contributed by atoms with van der Waals surface area (Å²) in [4.78, 5) is 21.4. The highest BCUT2D eigenvalue weighted by Gasteiger charge is 2.18. The Balaban J connectivity index is 2.63. The molecule has 0 aliphatic carbocycles. The van der Waals surface area contributed by atoms with Gasteiger partial charge in [0.05, 0.1) is 11.5 Å². The predicted octanol–water partition coefficient (Wildman–Crippen LogP) is 1.64. The summed E-state index contributed by atoms with van der Waals surface area (Å²) < 4.78 is 4.66. The first-order chi connectivity index (χ1) is 8.56. The van der Waals surface area contributed by atoms with Gasteiger partial charge in [0.2, 0.25) is 0 Å². The van der Waals surface area contributed by atoms with Crippen molar-refractivity contribution in [2.75, 3.05) is 12.0 Å². The lowest BCUT2D eigenvalue weighted by Gasteiger charge is -2.12. The second-order valence-corrected chi connectivity index (χ2v) is 3.59. The van der Waals surface area contributed by atoms with Crippen LogP contribution in [-0.4, -0.2) is 23.0 Å². The molecule has 0 amide bonds. The topological polar surface area (TPSA) is 93.5 Å². The summed E-state index contributed by atoms with van der Waals surface area (Å²) in [7, 11) is 0. The molecule has 0 aromatic heterocycles. The lowest BCUT2D eigenvalue weighted by atomic mass is 10.3. The van der Waals surface area contributed by atoms with Crippen LogP contribution in [0.25, 0.3) is 0 Å². The molecular weight excluding hydrogens is 262 g/mol. The molecule has 1 aromatic carbocycles. The van der Waals surface area contributed by atoms with Gasteiger partial charge in [0, 0.05) is 6.07 Å². The highest BCUT2D eigenvalue weighted by molar-refractivity contribution is 6.29. The molecule has 1 aromatic rings. The van der Waals surface area contributed by atoms with Crippen molar-refractivity contribution >= 4 is 28.9 Å². The minimum absolute atomic E-state index is 0.127. The number of benzene rings is 1. The number of nitrogens with one attached hydrogen (secondary N) is 2. The largest absolute Gasteiger partial charge is 0.464 e. The molecular formula is C10H12ClN3O4. The van der Waals surface area contributed by atoms with E-state index >= 15 is 0 Å². The molecule has 0 fully saturated rings. The number of ether oxygens (including phenoxy) is 1. The van der Waals surface area contributed by atoms with Crippen LogP contribution < -0.4 is 10.9 Å². The number of esters is 1. The molecule has 1 unspecified atom stereocenters. The van der Waals surface area contributed by atoms with Crippen LogP contribution >= 0.6 is 11.6 Å². The number of anilines is 1. The Labute approximate surface area is 108 Å². The second-order valence-electron chi connectivity index (χ2n) is 3.16. The lowest BCUT2D eigenvalue weighted by molar-refractivity contribution is -0.384. The average molecular weight is 274 g/mol. The molecule has 0 aliphatic heterocycles. The van der Waals surface area contributed by atoms with E-state index in [9.17, 15) is 14.9 Å². The fourth-order valence-electron chi connectivity index (χ4n) is 1.15. The van der Waals surface area contributed by atoms with Gasteiger partial charge >= 0.3 is 5.97 Å². The van der Waals surface area contributed by atoms with Gasteiger partial charge in [-0.05, 0) is 13.0 Å². The summed E-state index contributed by atoms with van der Waals surface area (Å²) in [6.07, 6.45) is 0. The van der Waals surface area contributed by atoms with Gasteiger partial charge in [-0.25, -0.2) is 10.2 Å². The van der Waals surface area contributed by atoms with Gasteiger partial charge in [0.15, 0.2) is 5.50 Å². The Bertz CT molecular complexity index is 441.